The van der Waals surface area contributed by atoms with Crippen LogP contribution in [-0.2, 0) is 4.79 Å². The minimum absolute atomic E-state index is 0.197. The third-order valence-electron chi connectivity index (χ3n) is 3.18. The van der Waals surface area contributed by atoms with Crippen LogP contribution < -0.4 is 0 Å². The van der Waals surface area contributed by atoms with Crippen LogP contribution in [0.5, 0.6) is 0 Å². The number of hydrogen-bond donors (Lipinski definition) is 0. The lowest BCUT2D eigenvalue weighted by molar-refractivity contribution is -0.116. The van der Waals surface area contributed by atoms with Crippen LogP contribution in [0.2, 0.25) is 0 Å². The quantitative estimate of drug-likeness (QED) is 0.570. The van der Waals surface area contributed by atoms with Gasteiger partial charge in [-0.3, -0.25) is 4.79 Å². The first-order valence-electron chi connectivity index (χ1n) is 4.13. The molecular formula is C10H11ClO. The Bertz CT molecular complexity index is 303. The highest BCUT2D eigenvalue weighted by Crippen LogP contribution is 2.64. The second kappa shape index (κ2) is 2.23. The van der Waals surface area contributed by atoms with Gasteiger partial charge in [-0.25, -0.2) is 0 Å². The van der Waals surface area contributed by atoms with Gasteiger partial charge in [0.05, 0.1) is 5.41 Å². The summed E-state index contributed by atoms with van der Waals surface area (Å²) >= 11 is 5.56. The fourth-order valence-electron chi connectivity index (χ4n) is 2.30. The van der Waals surface area contributed by atoms with Gasteiger partial charge in [0.1, 0.15) is 0 Å². The topological polar surface area (TPSA) is 17.1 Å². The first kappa shape index (κ1) is 8.06. The van der Waals surface area contributed by atoms with Crippen molar-refractivity contribution in [3.63, 3.8) is 0 Å². The lowest BCUT2D eigenvalue weighted by atomic mass is 10.0. The maximum Gasteiger partial charge on any atom is 0.228 e. The Morgan fingerprint density at radius 3 is 2.83 bits per heavy atom. The Morgan fingerprint density at radius 1 is 1.67 bits per heavy atom. The molecule has 0 aromatic rings. The Labute approximate surface area is 77.1 Å². The third-order valence-corrected chi connectivity index (χ3v) is 3.59. The van der Waals surface area contributed by atoms with Crippen molar-refractivity contribution in [1.29, 1.82) is 0 Å². The fourth-order valence-corrected chi connectivity index (χ4v) is 2.54. The summed E-state index contributed by atoms with van der Waals surface area (Å²) in [7, 11) is 0. The van der Waals surface area contributed by atoms with Crippen molar-refractivity contribution < 1.29 is 4.79 Å². The molecule has 0 amide bonds. The van der Waals surface area contributed by atoms with E-state index in [1.807, 2.05) is 13.0 Å². The molecule has 0 aromatic carbocycles. The van der Waals surface area contributed by atoms with Gasteiger partial charge in [-0.05, 0) is 24.4 Å². The number of hydrogen-bond acceptors (Lipinski definition) is 1. The highest BCUT2D eigenvalue weighted by molar-refractivity contribution is 6.65. The average molecular weight is 183 g/mol. The zero-order valence-corrected chi connectivity index (χ0v) is 7.93. The van der Waals surface area contributed by atoms with Crippen molar-refractivity contribution in [3.8, 4) is 0 Å². The summed E-state index contributed by atoms with van der Waals surface area (Å²) in [5.74, 6) is 0.722. The molecule has 2 rings (SSSR count). The normalized spacial score (nSPS) is 43.4. The molecular weight excluding hydrogens is 172 g/mol. The van der Waals surface area contributed by atoms with Crippen molar-refractivity contribution in [3.05, 3.63) is 23.8 Å². The molecule has 2 heteroatoms. The molecule has 0 heterocycles. The van der Waals surface area contributed by atoms with E-state index in [9.17, 15) is 4.79 Å². The van der Waals surface area contributed by atoms with Gasteiger partial charge in [-0.1, -0.05) is 30.7 Å². The predicted molar refractivity (Wildman–Crippen MR) is 48.8 cm³/mol. The Morgan fingerprint density at radius 2 is 2.33 bits per heavy atom. The first-order valence-corrected chi connectivity index (χ1v) is 4.51. The van der Waals surface area contributed by atoms with Crippen LogP contribution in [0.1, 0.15) is 13.8 Å². The van der Waals surface area contributed by atoms with Crippen LogP contribution >= 0.6 is 11.6 Å². The molecule has 2 aliphatic carbocycles. The van der Waals surface area contributed by atoms with Crippen LogP contribution in [0.25, 0.3) is 0 Å². The van der Waals surface area contributed by atoms with Crippen LogP contribution in [0.15, 0.2) is 23.8 Å². The Hall–Kier alpha value is -0.560. The van der Waals surface area contributed by atoms with Crippen molar-refractivity contribution >= 4 is 16.8 Å². The lowest BCUT2D eigenvalue weighted by Gasteiger charge is -2.03. The van der Waals surface area contributed by atoms with Gasteiger partial charge >= 0.3 is 0 Å². The second-order valence-corrected chi connectivity index (χ2v) is 4.20. The van der Waals surface area contributed by atoms with E-state index in [2.05, 4.69) is 19.1 Å². The second-order valence-electron chi connectivity index (χ2n) is 3.86. The zero-order chi connectivity index (χ0) is 8.93. The summed E-state index contributed by atoms with van der Waals surface area (Å²) in [6.07, 6.45) is 6.16. The molecule has 0 radical (unpaired) electrons. The average Bonchev–Trinajstić information content (AvgIpc) is 2.61. The molecule has 1 fully saturated rings. The summed E-state index contributed by atoms with van der Waals surface area (Å²) in [4.78, 5) is 11.1. The number of halogens is 1. The van der Waals surface area contributed by atoms with E-state index >= 15 is 0 Å². The van der Waals surface area contributed by atoms with Crippen LogP contribution in [0.4, 0.5) is 0 Å². The number of fused-ring (bicyclic) bond motifs is 1. The van der Waals surface area contributed by atoms with E-state index in [-0.39, 0.29) is 10.7 Å². The highest BCUT2D eigenvalue weighted by Gasteiger charge is 2.65. The van der Waals surface area contributed by atoms with Gasteiger partial charge in [0.25, 0.3) is 0 Å². The minimum atomic E-state index is -0.310. The molecule has 3 atom stereocenters. The molecule has 12 heavy (non-hydrogen) atoms. The zero-order valence-electron chi connectivity index (χ0n) is 7.17. The molecule has 0 aliphatic heterocycles. The van der Waals surface area contributed by atoms with E-state index < -0.39 is 0 Å². The van der Waals surface area contributed by atoms with E-state index in [1.165, 1.54) is 5.57 Å². The van der Waals surface area contributed by atoms with Crippen molar-refractivity contribution in [1.82, 2.24) is 0 Å². The van der Waals surface area contributed by atoms with Crippen LogP contribution in [-0.4, -0.2) is 5.24 Å². The van der Waals surface area contributed by atoms with Crippen molar-refractivity contribution in [2.75, 3.05) is 0 Å². The maximum absolute atomic E-state index is 11.1. The minimum Gasteiger partial charge on any atom is -0.281 e. The number of carbonyl (C=O) groups is 1. The van der Waals surface area contributed by atoms with E-state index in [0.29, 0.717) is 11.8 Å². The standard InChI is InChI=1S/C10H11ClO/c1-6-4-3-5-7-8(6)10(7,2)9(11)12/h3-5,7-8H,1-2H3/t7-,8+,10+/m1/s1. The van der Waals surface area contributed by atoms with Gasteiger partial charge in [-0.2, -0.15) is 0 Å². The van der Waals surface area contributed by atoms with Crippen LogP contribution in [0, 0.1) is 17.3 Å². The van der Waals surface area contributed by atoms with Crippen molar-refractivity contribution in [2.45, 2.75) is 13.8 Å². The highest BCUT2D eigenvalue weighted by atomic mass is 35.5. The summed E-state index contributed by atoms with van der Waals surface area (Å²) in [5, 5.41) is -0.197. The number of carbonyl (C=O) groups excluding carboxylic acids is 1. The molecule has 2 aliphatic rings. The summed E-state index contributed by atoms with van der Waals surface area (Å²) in [6.45, 7) is 4.01. The number of allylic oxidation sites excluding steroid dienone is 4. The smallest absolute Gasteiger partial charge is 0.228 e. The van der Waals surface area contributed by atoms with Gasteiger partial charge < -0.3 is 0 Å². The molecule has 0 saturated heterocycles. The summed E-state index contributed by atoms with van der Waals surface area (Å²) in [5.41, 5.74) is 0.966. The third kappa shape index (κ3) is 0.776. The Kier molecular flexibility index (Phi) is 1.50. The van der Waals surface area contributed by atoms with Crippen molar-refractivity contribution in [2.24, 2.45) is 17.3 Å². The van der Waals surface area contributed by atoms with E-state index in [4.69, 9.17) is 11.6 Å². The van der Waals surface area contributed by atoms with Gasteiger partial charge in [0.15, 0.2) is 0 Å². The molecule has 0 bridgehead atoms. The SMILES string of the molecule is CC1=CC=C[C@@H]2[C@H]1[C@@]2(C)C(=O)Cl. The summed E-state index contributed by atoms with van der Waals surface area (Å²) < 4.78 is 0. The molecule has 0 unspecified atom stereocenters. The Balaban J connectivity index is 2.34. The monoisotopic (exact) mass is 182 g/mol. The number of rotatable bonds is 1. The van der Waals surface area contributed by atoms with E-state index in [1.54, 1.807) is 0 Å². The van der Waals surface area contributed by atoms with Gasteiger partial charge in [0.2, 0.25) is 5.24 Å². The fraction of sp³-hybridized carbons (Fsp3) is 0.500. The molecule has 0 N–H and O–H groups in total. The largest absolute Gasteiger partial charge is 0.281 e. The van der Waals surface area contributed by atoms with Gasteiger partial charge in [0, 0.05) is 5.92 Å². The van der Waals surface area contributed by atoms with E-state index in [0.717, 1.165) is 0 Å². The molecule has 0 spiro atoms. The lowest BCUT2D eigenvalue weighted by Crippen LogP contribution is -2.08. The summed E-state index contributed by atoms with van der Waals surface area (Å²) in [6, 6.07) is 0. The molecule has 1 saturated carbocycles. The van der Waals surface area contributed by atoms with Crippen LogP contribution in [0.3, 0.4) is 0 Å². The predicted octanol–water partition coefficient (Wildman–Crippen LogP) is 2.52. The first-order chi connectivity index (χ1) is 5.58. The molecule has 1 nitrogen and oxygen atoms in total. The maximum atomic E-state index is 11.1. The molecule has 64 valence electrons. The van der Waals surface area contributed by atoms with Gasteiger partial charge in [-0.15, -0.1) is 0 Å². The molecule has 0 aromatic heterocycles.